The van der Waals surface area contributed by atoms with Gasteiger partial charge in [-0.15, -0.1) is 24.0 Å². The molecular formula is C21H36IN5O2. The van der Waals surface area contributed by atoms with Gasteiger partial charge in [0.05, 0.1) is 6.10 Å². The Hall–Kier alpha value is -1.55. The Morgan fingerprint density at radius 2 is 1.97 bits per heavy atom. The SMILES string of the molecule is CN(C)C(=O)CN=C(NCC1CCCCO1)N(C)Cc1cccc(N(C)C)c1.I. The Bertz CT molecular complexity index is 660. The second-order valence-corrected chi connectivity index (χ2v) is 7.72. The van der Waals surface area contributed by atoms with Crippen LogP contribution in [0.4, 0.5) is 5.69 Å². The third-order valence-corrected chi connectivity index (χ3v) is 4.83. The quantitative estimate of drug-likeness (QED) is 0.342. The second kappa shape index (κ2) is 12.9. The van der Waals surface area contributed by atoms with Gasteiger partial charge in [0.25, 0.3) is 0 Å². The molecule has 1 aliphatic rings. The molecule has 1 aromatic carbocycles. The highest BCUT2D eigenvalue weighted by Gasteiger charge is 2.16. The number of hydrogen-bond donors (Lipinski definition) is 1. The Labute approximate surface area is 192 Å². The number of carbonyl (C=O) groups is 1. The highest BCUT2D eigenvalue weighted by molar-refractivity contribution is 14.0. The smallest absolute Gasteiger partial charge is 0.243 e. The minimum atomic E-state index is -0.0174. The van der Waals surface area contributed by atoms with Crippen molar-refractivity contribution in [3.05, 3.63) is 29.8 Å². The zero-order valence-electron chi connectivity index (χ0n) is 18.4. The molecule has 1 aromatic rings. The molecule has 0 saturated carbocycles. The summed E-state index contributed by atoms with van der Waals surface area (Å²) in [6, 6.07) is 8.43. The van der Waals surface area contributed by atoms with Crippen molar-refractivity contribution < 1.29 is 9.53 Å². The van der Waals surface area contributed by atoms with E-state index in [2.05, 4.69) is 44.4 Å². The number of amides is 1. The molecule has 0 radical (unpaired) electrons. The van der Waals surface area contributed by atoms with Crippen LogP contribution in [-0.4, -0.2) is 82.7 Å². The van der Waals surface area contributed by atoms with E-state index in [9.17, 15) is 4.79 Å². The number of aliphatic imine (C=N–C) groups is 1. The maximum Gasteiger partial charge on any atom is 0.243 e. The van der Waals surface area contributed by atoms with Gasteiger partial charge in [-0.25, -0.2) is 4.99 Å². The largest absolute Gasteiger partial charge is 0.378 e. The molecule has 7 nitrogen and oxygen atoms in total. The number of nitrogens with one attached hydrogen (secondary N) is 1. The number of hydrogen-bond acceptors (Lipinski definition) is 4. The van der Waals surface area contributed by atoms with Crippen LogP contribution < -0.4 is 10.2 Å². The normalized spacial score (nSPS) is 16.6. The summed E-state index contributed by atoms with van der Waals surface area (Å²) in [6.45, 7) is 2.36. The molecule has 1 unspecified atom stereocenters. The highest BCUT2D eigenvalue weighted by atomic mass is 127. The average Bonchev–Trinajstić information content (AvgIpc) is 2.68. The third-order valence-electron chi connectivity index (χ3n) is 4.83. The van der Waals surface area contributed by atoms with Crippen molar-refractivity contribution in [2.24, 2.45) is 4.99 Å². The van der Waals surface area contributed by atoms with Crippen LogP contribution in [0.1, 0.15) is 24.8 Å². The first-order valence-electron chi connectivity index (χ1n) is 9.94. The third kappa shape index (κ3) is 8.77. The second-order valence-electron chi connectivity index (χ2n) is 7.72. The molecule has 1 amide bonds. The van der Waals surface area contributed by atoms with E-state index in [-0.39, 0.29) is 42.5 Å². The van der Waals surface area contributed by atoms with E-state index in [4.69, 9.17) is 4.74 Å². The molecule has 0 aliphatic carbocycles. The molecule has 0 aromatic heterocycles. The molecule has 1 fully saturated rings. The van der Waals surface area contributed by atoms with Crippen molar-refractivity contribution in [2.75, 3.05) is 59.8 Å². The van der Waals surface area contributed by atoms with Gasteiger partial charge in [-0.3, -0.25) is 4.79 Å². The fourth-order valence-electron chi connectivity index (χ4n) is 3.05. The molecule has 8 heteroatoms. The summed E-state index contributed by atoms with van der Waals surface area (Å²) in [5.74, 6) is 0.704. The maximum absolute atomic E-state index is 12.0. The first kappa shape index (κ1) is 25.5. The molecule has 1 aliphatic heterocycles. The van der Waals surface area contributed by atoms with Crippen LogP contribution in [0.15, 0.2) is 29.3 Å². The van der Waals surface area contributed by atoms with E-state index in [0.29, 0.717) is 13.1 Å². The monoisotopic (exact) mass is 517 g/mol. The molecule has 0 spiro atoms. The average molecular weight is 517 g/mol. The molecular weight excluding hydrogens is 481 g/mol. The molecule has 0 bridgehead atoms. The van der Waals surface area contributed by atoms with Crippen LogP contribution in [0, 0.1) is 0 Å². The number of halogens is 1. The maximum atomic E-state index is 12.0. The van der Waals surface area contributed by atoms with Gasteiger partial charge in [0.2, 0.25) is 5.91 Å². The van der Waals surface area contributed by atoms with Gasteiger partial charge in [0, 0.05) is 60.6 Å². The minimum absolute atomic E-state index is 0. The Morgan fingerprint density at radius 1 is 1.21 bits per heavy atom. The van der Waals surface area contributed by atoms with Crippen molar-refractivity contribution in [3.8, 4) is 0 Å². The van der Waals surface area contributed by atoms with E-state index >= 15 is 0 Å². The van der Waals surface area contributed by atoms with Crippen molar-refractivity contribution in [2.45, 2.75) is 31.9 Å². The summed E-state index contributed by atoms with van der Waals surface area (Å²) in [6.07, 6.45) is 3.60. The highest BCUT2D eigenvalue weighted by Crippen LogP contribution is 2.15. The lowest BCUT2D eigenvalue weighted by Gasteiger charge is -2.27. The van der Waals surface area contributed by atoms with Crippen LogP contribution in [0.3, 0.4) is 0 Å². The number of ether oxygens (including phenoxy) is 1. The van der Waals surface area contributed by atoms with Crippen LogP contribution in [0.25, 0.3) is 0 Å². The van der Waals surface area contributed by atoms with Crippen molar-refractivity contribution >= 4 is 41.5 Å². The number of benzene rings is 1. The molecule has 164 valence electrons. The predicted octanol–water partition coefficient (Wildman–Crippen LogP) is 2.41. The lowest BCUT2D eigenvalue weighted by molar-refractivity contribution is -0.127. The van der Waals surface area contributed by atoms with Gasteiger partial charge in [-0.2, -0.15) is 0 Å². The molecule has 1 saturated heterocycles. The van der Waals surface area contributed by atoms with E-state index in [1.165, 1.54) is 12.0 Å². The number of carbonyl (C=O) groups excluding carboxylic acids is 1. The summed E-state index contributed by atoms with van der Waals surface area (Å²) in [7, 11) is 9.56. The predicted molar refractivity (Wildman–Crippen MR) is 130 cm³/mol. The Morgan fingerprint density at radius 3 is 2.59 bits per heavy atom. The van der Waals surface area contributed by atoms with E-state index in [1.807, 2.05) is 21.1 Å². The van der Waals surface area contributed by atoms with Crippen LogP contribution >= 0.6 is 24.0 Å². The zero-order valence-corrected chi connectivity index (χ0v) is 20.7. The molecule has 1 heterocycles. The Balaban J connectivity index is 0.00000420. The van der Waals surface area contributed by atoms with Crippen LogP contribution in [0.5, 0.6) is 0 Å². The number of nitrogens with zero attached hydrogens (tertiary/aromatic N) is 4. The van der Waals surface area contributed by atoms with Crippen LogP contribution in [-0.2, 0) is 16.1 Å². The van der Waals surface area contributed by atoms with Gasteiger partial charge < -0.3 is 24.8 Å². The van der Waals surface area contributed by atoms with Gasteiger partial charge >= 0.3 is 0 Å². The Kier molecular flexibility index (Phi) is 11.3. The van der Waals surface area contributed by atoms with Crippen molar-refractivity contribution in [3.63, 3.8) is 0 Å². The van der Waals surface area contributed by atoms with Gasteiger partial charge in [0.1, 0.15) is 6.54 Å². The molecule has 1 atom stereocenters. The lowest BCUT2D eigenvalue weighted by Crippen LogP contribution is -2.43. The van der Waals surface area contributed by atoms with E-state index in [1.54, 1.807) is 19.0 Å². The summed E-state index contributed by atoms with van der Waals surface area (Å²) < 4.78 is 5.82. The number of guanidine groups is 1. The zero-order chi connectivity index (χ0) is 20.5. The van der Waals surface area contributed by atoms with Gasteiger partial charge in [-0.1, -0.05) is 12.1 Å². The first-order chi connectivity index (χ1) is 13.4. The van der Waals surface area contributed by atoms with Gasteiger partial charge in [0.15, 0.2) is 5.96 Å². The van der Waals surface area contributed by atoms with Gasteiger partial charge in [-0.05, 0) is 37.0 Å². The molecule has 1 N–H and O–H groups in total. The summed E-state index contributed by atoms with van der Waals surface area (Å²) >= 11 is 0. The fraction of sp³-hybridized carbons (Fsp3) is 0.619. The standard InChI is InChI=1S/C21H35N5O2.HI/c1-24(2)18-10-8-9-17(13-18)16-26(5)21(23-15-20(27)25(3)4)22-14-19-11-6-7-12-28-19;/h8-10,13,19H,6-7,11-12,14-16H2,1-5H3,(H,22,23);1H. The first-order valence-corrected chi connectivity index (χ1v) is 9.94. The summed E-state index contributed by atoms with van der Waals surface area (Å²) in [4.78, 5) is 22.3. The summed E-state index contributed by atoms with van der Waals surface area (Å²) in [5.41, 5.74) is 2.35. The minimum Gasteiger partial charge on any atom is -0.378 e. The van der Waals surface area contributed by atoms with Crippen LogP contribution in [0.2, 0.25) is 0 Å². The number of likely N-dealkylation sites (N-methyl/N-ethyl adjacent to an activating group) is 1. The lowest BCUT2D eigenvalue weighted by atomic mass is 10.1. The van der Waals surface area contributed by atoms with Crippen molar-refractivity contribution in [1.29, 1.82) is 0 Å². The summed E-state index contributed by atoms with van der Waals surface area (Å²) in [5, 5.41) is 3.41. The van der Waals surface area contributed by atoms with Crippen molar-refractivity contribution in [1.82, 2.24) is 15.1 Å². The molecule has 2 rings (SSSR count). The fourth-order valence-corrected chi connectivity index (χ4v) is 3.05. The molecule has 29 heavy (non-hydrogen) atoms. The topological polar surface area (TPSA) is 60.4 Å². The number of rotatable bonds is 7. The van der Waals surface area contributed by atoms with E-state index < -0.39 is 0 Å². The van der Waals surface area contributed by atoms with E-state index in [0.717, 1.165) is 31.1 Å². The number of anilines is 1.